The van der Waals surface area contributed by atoms with Gasteiger partial charge in [0.15, 0.2) is 0 Å². The molecule has 3 aliphatic rings. The van der Waals surface area contributed by atoms with E-state index in [-0.39, 0.29) is 18.1 Å². The lowest BCUT2D eigenvalue weighted by atomic mass is 9.86. The summed E-state index contributed by atoms with van der Waals surface area (Å²) in [6.07, 6.45) is 7.32. The first kappa shape index (κ1) is 17.8. The molecule has 0 spiro atoms. The fourth-order valence-electron chi connectivity index (χ4n) is 4.02. The molecular formula is C21H30N2O3. The molecule has 1 N–H and O–H groups in total. The molecule has 3 fully saturated rings. The third-order valence-electron chi connectivity index (χ3n) is 5.98. The van der Waals surface area contributed by atoms with Crippen LogP contribution in [0, 0.1) is 5.92 Å². The molecule has 0 aromatic heterocycles. The van der Waals surface area contributed by atoms with E-state index in [2.05, 4.69) is 22.3 Å². The van der Waals surface area contributed by atoms with Crippen LogP contribution in [0.4, 0.5) is 5.69 Å². The molecule has 2 atom stereocenters. The van der Waals surface area contributed by atoms with Crippen molar-refractivity contribution in [2.24, 2.45) is 5.92 Å². The van der Waals surface area contributed by atoms with E-state index in [0.29, 0.717) is 24.7 Å². The molecule has 1 aromatic rings. The maximum absolute atomic E-state index is 12.7. The summed E-state index contributed by atoms with van der Waals surface area (Å²) in [5, 5.41) is 3.13. The smallest absolute Gasteiger partial charge is 0.251 e. The summed E-state index contributed by atoms with van der Waals surface area (Å²) in [6.45, 7) is 4.30. The summed E-state index contributed by atoms with van der Waals surface area (Å²) >= 11 is 0. The number of rotatable bonds is 6. The average Bonchev–Trinajstić information content (AvgIpc) is 3.16. The molecule has 1 aromatic carbocycles. The molecule has 5 nitrogen and oxygen atoms in total. The van der Waals surface area contributed by atoms with Gasteiger partial charge in [0.25, 0.3) is 5.91 Å². The van der Waals surface area contributed by atoms with E-state index in [4.69, 9.17) is 9.47 Å². The summed E-state index contributed by atoms with van der Waals surface area (Å²) < 4.78 is 11.7. The van der Waals surface area contributed by atoms with Crippen LogP contribution >= 0.6 is 0 Å². The lowest BCUT2D eigenvalue weighted by Gasteiger charge is -2.34. The topological polar surface area (TPSA) is 50.8 Å². The van der Waals surface area contributed by atoms with Gasteiger partial charge in [-0.05, 0) is 62.3 Å². The highest BCUT2D eigenvalue weighted by molar-refractivity contribution is 5.94. The SMILES string of the molecule is O=C(N[C@@H]1COCC[C@@H]1OCC1CCC1)c1ccc(N2CCCC2)cc1. The van der Waals surface area contributed by atoms with Gasteiger partial charge in [0.05, 0.1) is 18.8 Å². The minimum absolute atomic E-state index is 0.0364. The van der Waals surface area contributed by atoms with E-state index in [0.717, 1.165) is 26.1 Å². The molecule has 1 saturated carbocycles. The summed E-state index contributed by atoms with van der Waals surface area (Å²) in [6, 6.07) is 7.91. The fourth-order valence-corrected chi connectivity index (χ4v) is 4.02. The fraction of sp³-hybridized carbons (Fsp3) is 0.667. The van der Waals surface area contributed by atoms with Gasteiger partial charge in [0, 0.05) is 37.6 Å². The second kappa shape index (κ2) is 8.40. The van der Waals surface area contributed by atoms with Crippen molar-refractivity contribution in [3.63, 3.8) is 0 Å². The third kappa shape index (κ3) is 4.21. The van der Waals surface area contributed by atoms with Gasteiger partial charge in [0.2, 0.25) is 0 Å². The monoisotopic (exact) mass is 358 g/mol. The quantitative estimate of drug-likeness (QED) is 0.849. The zero-order chi connectivity index (χ0) is 17.8. The Labute approximate surface area is 156 Å². The van der Waals surface area contributed by atoms with Crippen LogP contribution in [-0.4, -0.2) is 51.0 Å². The number of anilines is 1. The molecule has 5 heteroatoms. The van der Waals surface area contributed by atoms with Crippen molar-refractivity contribution in [3.05, 3.63) is 29.8 Å². The number of hydrogen-bond donors (Lipinski definition) is 1. The Balaban J connectivity index is 1.32. The van der Waals surface area contributed by atoms with E-state index < -0.39 is 0 Å². The highest BCUT2D eigenvalue weighted by Crippen LogP contribution is 2.27. The molecule has 142 valence electrons. The Bertz CT molecular complexity index is 594. The van der Waals surface area contributed by atoms with Crippen molar-refractivity contribution in [1.82, 2.24) is 5.32 Å². The minimum Gasteiger partial charge on any atom is -0.379 e. The third-order valence-corrected chi connectivity index (χ3v) is 5.98. The van der Waals surface area contributed by atoms with Gasteiger partial charge < -0.3 is 19.7 Å². The van der Waals surface area contributed by atoms with Crippen molar-refractivity contribution in [3.8, 4) is 0 Å². The van der Waals surface area contributed by atoms with Crippen molar-refractivity contribution in [2.45, 2.75) is 50.7 Å². The lowest BCUT2D eigenvalue weighted by Crippen LogP contribution is -2.51. The molecule has 0 unspecified atom stereocenters. The highest BCUT2D eigenvalue weighted by atomic mass is 16.5. The molecule has 1 aliphatic carbocycles. The Morgan fingerprint density at radius 2 is 1.88 bits per heavy atom. The van der Waals surface area contributed by atoms with Crippen molar-refractivity contribution < 1.29 is 14.3 Å². The van der Waals surface area contributed by atoms with E-state index in [1.807, 2.05) is 12.1 Å². The van der Waals surface area contributed by atoms with Crippen LogP contribution in [0.15, 0.2) is 24.3 Å². The number of amides is 1. The largest absolute Gasteiger partial charge is 0.379 e. The molecule has 0 bridgehead atoms. The molecule has 26 heavy (non-hydrogen) atoms. The van der Waals surface area contributed by atoms with Crippen LogP contribution < -0.4 is 10.2 Å². The predicted octanol–water partition coefficient (Wildman–Crippen LogP) is 2.99. The molecule has 2 heterocycles. The van der Waals surface area contributed by atoms with Crippen molar-refractivity contribution in [1.29, 1.82) is 0 Å². The zero-order valence-electron chi connectivity index (χ0n) is 15.5. The molecule has 2 aliphatic heterocycles. The lowest BCUT2D eigenvalue weighted by molar-refractivity contribution is -0.0696. The standard InChI is InChI=1S/C21H30N2O3/c24-21(17-6-8-18(9-7-17)23-11-1-2-12-23)22-19-15-25-13-10-20(19)26-14-16-4-3-5-16/h6-9,16,19-20H,1-5,10-15H2,(H,22,24)/t19-,20+/m1/s1. The Hall–Kier alpha value is -1.59. The molecule has 2 saturated heterocycles. The molecule has 4 rings (SSSR count). The normalized spacial score (nSPS) is 26.5. The van der Waals surface area contributed by atoms with Crippen molar-refractivity contribution in [2.75, 3.05) is 37.8 Å². The Morgan fingerprint density at radius 3 is 2.58 bits per heavy atom. The number of ether oxygens (including phenoxy) is 2. The van der Waals surface area contributed by atoms with Gasteiger partial charge in [0.1, 0.15) is 0 Å². The summed E-state index contributed by atoms with van der Waals surface area (Å²) in [7, 11) is 0. The van der Waals surface area contributed by atoms with Gasteiger partial charge in [-0.15, -0.1) is 0 Å². The van der Waals surface area contributed by atoms with Crippen LogP contribution in [0.5, 0.6) is 0 Å². The number of nitrogens with zero attached hydrogens (tertiary/aromatic N) is 1. The van der Waals surface area contributed by atoms with Crippen LogP contribution in [-0.2, 0) is 9.47 Å². The number of nitrogens with one attached hydrogen (secondary N) is 1. The van der Waals surface area contributed by atoms with E-state index in [1.165, 1.54) is 37.8 Å². The van der Waals surface area contributed by atoms with Crippen LogP contribution in [0.25, 0.3) is 0 Å². The first-order valence-electron chi connectivity index (χ1n) is 10.1. The number of hydrogen-bond acceptors (Lipinski definition) is 4. The first-order chi connectivity index (χ1) is 12.8. The zero-order valence-corrected chi connectivity index (χ0v) is 15.5. The number of benzene rings is 1. The summed E-state index contributed by atoms with van der Waals surface area (Å²) in [5.41, 5.74) is 1.91. The first-order valence-corrected chi connectivity index (χ1v) is 10.1. The van der Waals surface area contributed by atoms with Gasteiger partial charge >= 0.3 is 0 Å². The van der Waals surface area contributed by atoms with Crippen LogP contribution in [0.3, 0.4) is 0 Å². The van der Waals surface area contributed by atoms with E-state index in [9.17, 15) is 4.79 Å². The number of carbonyl (C=O) groups excluding carboxylic acids is 1. The maximum atomic E-state index is 12.7. The van der Waals surface area contributed by atoms with Crippen LogP contribution in [0.2, 0.25) is 0 Å². The van der Waals surface area contributed by atoms with Gasteiger partial charge in [-0.25, -0.2) is 0 Å². The van der Waals surface area contributed by atoms with Crippen molar-refractivity contribution >= 4 is 11.6 Å². The molecular weight excluding hydrogens is 328 g/mol. The van der Waals surface area contributed by atoms with Gasteiger partial charge in [-0.3, -0.25) is 4.79 Å². The summed E-state index contributed by atoms with van der Waals surface area (Å²) in [5.74, 6) is 0.679. The van der Waals surface area contributed by atoms with E-state index >= 15 is 0 Å². The van der Waals surface area contributed by atoms with Crippen LogP contribution in [0.1, 0.15) is 48.9 Å². The predicted molar refractivity (Wildman–Crippen MR) is 102 cm³/mol. The average molecular weight is 358 g/mol. The molecule has 0 radical (unpaired) electrons. The molecule has 1 amide bonds. The van der Waals surface area contributed by atoms with E-state index in [1.54, 1.807) is 0 Å². The second-order valence-electron chi connectivity index (χ2n) is 7.85. The highest BCUT2D eigenvalue weighted by Gasteiger charge is 2.30. The minimum atomic E-state index is -0.0606. The maximum Gasteiger partial charge on any atom is 0.251 e. The Morgan fingerprint density at radius 1 is 1.12 bits per heavy atom. The summed E-state index contributed by atoms with van der Waals surface area (Å²) in [4.78, 5) is 15.0. The van der Waals surface area contributed by atoms with Gasteiger partial charge in [-0.2, -0.15) is 0 Å². The van der Waals surface area contributed by atoms with Gasteiger partial charge in [-0.1, -0.05) is 6.42 Å². The second-order valence-corrected chi connectivity index (χ2v) is 7.85. The number of carbonyl (C=O) groups is 1. The Kier molecular flexibility index (Phi) is 5.75.